The summed E-state index contributed by atoms with van der Waals surface area (Å²) in [5.41, 5.74) is 6.40. The molecule has 0 unspecified atom stereocenters. The number of nitrogens with two attached hydrogens (primary N) is 1. The second-order valence-electron chi connectivity index (χ2n) is 7.45. The number of nitrogens with zero attached hydrogens (tertiary/aromatic N) is 3. The van der Waals surface area contributed by atoms with Crippen molar-refractivity contribution in [1.82, 2.24) is 14.8 Å². The third-order valence-electron chi connectivity index (χ3n) is 6.04. The third-order valence-corrected chi connectivity index (χ3v) is 6.04. The summed E-state index contributed by atoms with van der Waals surface area (Å²) < 4.78 is 1.94. The Morgan fingerprint density at radius 3 is 2.16 bits per heavy atom. The van der Waals surface area contributed by atoms with E-state index in [4.69, 9.17) is 5.73 Å². The molecule has 104 valence electrons. The van der Waals surface area contributed by atoms with Crippen molar-refractivity contribution in [3.63, 3.8) is 0 Å². The van der Waals surface area contributed by atoms with Gasteiger partial charge >= 0.3 is 0 Å². The van der Waals surface area contributed by atoms with Crippen molar-refractivity contribution < 1.29 is 0 Å². The minimum absolute atomic E-state index is 0.542. The zero-order valence-electron chi connectivity index (χ0n) is 11.8. The van der Waals surface area contributed by atoms with E-state index >= 15 is 0 Å². The first-order valence-electron chi connectivity index (χ1n) is 7.77. The fraction of sp³-hybridized carbons (Fsp3) is 0.867. The van der Waals surface area contributed by atoms with Gasteiger partial charge in [0.2, 0.25) is 5.95 Å². The van der Waals surface area contributed by atoms with Gasteiger partial charge in [0.1, 0.15) is 5.82 Å². The summed E-state index contributed by atoms with van der Waals surface area (Å²) in [5, 5.41) is 8.19. The maximum absolute atomic E-state index is 5.77. The van der Waals surface area contributed by atoms with Gasteiger partial charge in [-0.1, -0.05) is 0 Å². The van der Waals surface area contributed by atoms with Gasteiger partial charge in [0.25, 0.3) is 0 Å². The van der Waals surface area contributed by atoms with E-state index in [1.165, 1.54) is 44.9 Å². The van der Waals surface area contributed by atoms with Gasteiger partial charge in [-0.05, 0) is 68.1 Å². The maximum atomic E-state index is 5.77. The molecule has 0 amide bonds. The van der Waals surface area contributed by atoms with E-state index in [1.807, 2.05) is 11.6 Å². The molecule has 0 aromatic carbocycles. The quantitative estimate of drug-likeness (QED) is 0.908. The van der Waals surface area contributed by atoms with E-state index in [-0.39, 0.29) is 0 Å². The van der Waals surface area contributed by atoms with Crippen molar-refractivity contribution in [1.29, 1.82) is 0 Å². The lowest BCUT2D eigenvalue weighted by molar-refractivity contribution is -0.0572. The molecule has 4 heteroatoms. The van der Waals surface area contributed by atoms with Crippen molar-refractivity contribution in [2.75, 3.05) is 5.73 Å². The van der Waals surface area contributed by atoms with Gasteiger partial charge in [-0.25, -0.2) is 0 Å². The summed E-state index contributed by atoms with van der Waals surface area (Å²) in [7, 11) is 1.98. The Hall–Kier alpha value is -1.06. The number of hydrogen-bond acceptors (Lipinski definition) is 3. The molecule has 0 radical (unpaired) electrons. The highest BCUT2D eigenvalue weighted by Gasteiger charge is 2.50. The summed E-state index contributed by atoms with van der Waals surface area (Å²) in [6.45, 7) is 0. The molecule has 4 nitrogen and oxygen atoms in total. The molecule has 1 aromatic rings. The number of nitrogen functional groups attached to an aromatic ring is 1. The molecule has 0 saturated heterocycles. The molecule has 4 aliphatic carbocycles. The monoisotopic (exact) mass is 260 g/mol. The predicted molar refractivity (Wildman–Crippen MR) is 74.3 cm³/mol. The van der Waals surface area contributed by atoms with E-state index in [2.05, 4.69) is 10.2 Å². The van der Waals surface area contributed by atoms with Gasteiger partial charge in [-0.2, -0.15) is 0 Å². The average molecular weight is 260 g/mol. The Labute approximate surface area is 114 Å². The lowest BCUT2D eigenvalue weighted by Crippen LogP contribution is -2.46. The Bertz CT molecular complexity index is 455. The van der Waals surface area contributed by atoms with Crippen LogP contribution in [-0.4, -0.2) is 14.8 Å². The summed E-state index contributed by atoms with van der Waals surface area (Å²) in [5.74, 6) is 4.72. The first kappa shape index (κ1) is 11.7. The van der Waals surface area contributed by atoms with Crippen LogP contribution >= 0.6 is 0 Å². The predicted octanol–water partition coefficient (Wildman–Crippen LogP) is 2.55. The van der Waals surface area contributed by atoms with Gasteiger partial charge in [0.05, 0.1) is 0 Å². The van der Waals surface area contributed by atoms with Crippen LogP contribution in [0, 0.1) is 23.2 Å². The Morgan fingerprint density at radius 1 is 1.11 bits per heavy atom. The van der Waals surface area contributed by atoms with E-state index in [0.717, 1.165) is 30.0 Å². The number of rotatable bonds is 3. The first-order valence-corrected chi connectivity index (χ1v) is 7.77. The van der Waals surface area contributed by atoms with Gasteiger partial charge in [0.15, 0.2) is 0 Å². The van der Waals surface area contributed by atoms with Crippen molar-refractivity contribution in [3.05, 3.63) is 5.82 Å². The Morgan fingerprint density at radius 2 is 1.68 bits per heavy atom. The molecule has 0 aliphatic heterocycles. The molecular weight excluding hydrogens is 236 g/mol. The molecule has 4 fully saturated rings. The molecule has 4 aliphatic rings. The van der Waals surface area contributed by atoms with Crippen molar-refractivity contribution in [2.24, 2.45) is 30.2 Å². The highest BCUT2D eigenvalue weighted by atomic mass is 15.3. The van der Waals surface area contributed by atoms with Crippen molar-refractivity contribution >= 4 is 5.95 Å². The van der Waals surface area contributed by atoms with Crippen LogP contribution in [0.1, 0.15) is 50.8 Å². The maximum Gasteiger partial charge on any atom is 0.221 e. The molecule has 1 aromatic heterocycles. The molecule has 4 bridgehead atoms. The number of hydrogen-bond donors (Lipinski definition) is 1. The van der Waals surface area contributed by atoms with E-state index in [1.54, 1.807) is 0 Å². The lowest BCUT2D eigenvalue weighted by Gasteiger charge is -2.57. The molecule has 2 N–H and O–H groups in total. The molecule has 1 heterocycles. The van der Waals surface area contributed by atoms with Gasteiger partial charge in [-0.3, -0.25) is 0 Å². The number of aromatic nitrogens is 3. The fourth-order valence-electron chi connectivity index (χ4n) is 5.57. The van der Waals surface area contributed by atoms with Gasteiger partial charge < -0.3 is 10.3 Å². The first-order chi connectivity index (χ1) is 9.13. The highest BCUT2D eigenvalue weighted by molar-refractivity contribution is 5.16. The summed E-state index contributed by atoms with van der Waals surface area (Å²) in [6, 6.07) is 0. The lowest BCUT2D eigenvalue weighted by atomic mass is 9.48. The molecule has 4 saturated carbocycles. The van der Waals surface area contributed by atoms with Gasteiger partial charge in [0, 0.05) is 13.5 Å². The van der Waals surface area contributed by atoms with Crippen LogP contribution < -0.4 is 5.73 Å². The average Bonchev–Trinajstić information content (AvgIpc) is 2.66. The number of aryl methyl sites for hydroxylation is 1. The van der Waals surface area contributed by atoms with Crippen molar-refractivity contribution in [2.45, 2.75) is 51.4 Å². The van der Waals surface area contributed by atoms with Crippen LogP contribution in [0.5, 0.6) is 0 Å². The second-order valence-corrected chi connectivity index (χ2v) is 7.45. The Balaban J connectivity index is 1.49. The van der Waals surface area contributed by atoms with Crippen LogP contribution in [0.4, 0.5) is 5.95 Å². The molecular formula is C15H24N4. The molecule has 0 spiro atoms. The summed E-state index contributed by atoms with van der Waals surface area (Å²) >= 11 is 0. The normalized spacial score (nSPS) is 39.9. The Kier molecular flexibility index (Phi) is 2.45. The molecule has 19 heavy (non-hydrogen) atoms. The van der Waals surface area contributed by atoms with E-state index in [0.29, 0.717) is 11.4 Å². The zero-order valence-corrected chi connectivity index (χ0v) is 11.8. The standard InChI is InChI=1S/C15H24N4/c1-19-13(17-18-14(19)16)2-3-15-7-10-4-11(8-15)6-12(5-10)9-15/h10-12H,2-9H2,1H3,(H2,16,18). The number of anilines is 1. The second kappa shape index (κ2) is 3.97. The third kappa shape index (κ3) is 1.87. The minimum atomic E-state index is 0.542. The zero-order chi connectivity index (χ0) is 13.0. The topological polar surface area (TPSA) is 56.7 Å². The SMILES string of the molecule is Cn1c(N)nnc1CCC12CC3CC(CC(C3)C1)C2. The van der Waals surface area contributed by atoms with E-state index < -0.39 is 0 Å². The van der Waals surface area contributed by atoms with Gasteiger partial charge in [-0.15, -0.1) is 10.2 Å². The largest absolute Gasteiger partial charge is 0.368 e. The highest BCUT2D eigenvalue weighted by Crippen LogP contribution is 2.61. The molecule has 0 atom stereocenters. The van der Waals surface area contributed by atoms with E-state index in [9.17, 15) is 0 Å². The summed E-state index contributed by atoms with van der Waals surface area (Å²) in [6.07, 6.45) is 11.4. The fourth-order valence-corrected chi connectivity index (χ4v) is 5.57. The van der Waals surface area contributed by atoms with Crippen molar-refractivity contribution in [3.8, 4) is 0 Å². The minimum Gasteiger partial charge on any atom is -0.368 e. The van der Waals surface area contributed by atoms with Crippen LogP contribution in [0.25, 0.3) is 0 Å². The molecule has 5 rings (SSSR count). The smallest absolute Gasteiger partial charge is 0.221 e. The summed E-state index contributed by atoms with van der Waals surface area (Å²) in [4.78, 5) is 0. The van der Waals surface area contributed by atoms with Crippen LogP contribution in [-0.2, 0) is 13.5 Å². The van der Waals surface area contributed by atoms with Crippen LogP contribution in [0.2, 0.25) is 0 Å². The van der Waals surface area contributed by atoms with Crippen LogP contribution in [0.15, 0.2) is 0 Å². The van der Waals surface area contributed by atoms with Crippen LogP contribution in [0.3, 0.4) is 0 Å².